The molecule has 0 spiro atoms. The van der Waals surface area contributed by atoms with E-state index in [0.717, 1.165) is 25.9 Å². The Kier molecular flexibility index (Phi) is 11.3. The van der Waals surface area contributed by atoms with Crippen LogP contribution in [0.5, 0.6) is 0 Å². The Morgan fingerprint density at radius 2 is 1.50 bits per heavy atom. The molecule has 0 heterocycles. The molecule has 3 heteroatoms. The van der Waals surface area contributed by atoms with Gasteiger partial charge in [-0.2, -0.15) is 0 Å². The summed E-state index contributed by atoms with van der Waals surface area (Å²) < 4.78 is 0. The summed E-state index contributed by atoms with van der Waals surface area (Å²) in [4.78, 5) is 2.39. The Morgan fingerprint density at radius 1 is 0.938 bits per heavy atom. The molecule has 0 saturated carbocycles. The van der Waals surface area contributed by atoms with Crippen molar-refractivity contribution in [3.05, 3.63) is 0 Å². The molecule has 0 aromatic carbocycles. The molecule has 3 nitrogen and oxygen atoms in total. The van der Waals surface area contributed by atoms with Crippen molar-refractivity contribution in [1.29, 1.82) is 0 Å². The highest BCUT2D eigenvalue weighted by Crippen LogP contribution is 2.10. The van der Waals surface area contributed by atoms with Gasteiger partial charge in [0.2, 0.25) is 0 Å². The second-order valence-corrected chi connectivity index (χ2v) is 4.54. The maximum Gasteiger partial charge on any atom is 0.0443 e. The van der Waals surface area contributed by atoms with E-state index in [1.165, 1.54) is 25.7 Å². The van der Waals surface area contributed by atoms with E-state index in [-0.39, 0.29) is 13.2 Å². The van der Waals surface area contributed by atoms with Gasteiger partial charge >= 0.3 is 0 Å². The first-order valence-electron chi connectivity index (χ1n) is 6.72. The van der Waals surface area contributed by atoms with Gasteiger partial charge in [0.05, 0.1) is 0 Å². The van der Waals surface area contributed by atoms with Crippen LogP contribution in [-0.4, -0.2) is 47.5 Å². The molecule has 2 N–H and O–H groups in total. The third-order valence-electron chi connectivity index (χ3n) is 3.06. The summed E-state index contributed by atoms with van der Waals surface area (Å²) in [5, 5.41) is 17.7. The molecule has 0 fully saturated rings. The maximum atomic E-state index is 8.86. The lowest BCUT2D eigenvalue weighted by Gasteiger charge is -2.28. The van der Waals surface area contributed by atoms with Crippen LogP contribution in [0.1, 0.15) is 52.4 Å². The Labute approximate surface area is 100 Å². The summed E-state index contributed by atoms with van der Waals surface area (Å²) in [5.41, 5.74) is 0. The van der Waals surface area contributed by atoms with Gasteiger partial charge in [0.15, 0.2) is 0 Å². The zero-order valence-electron chi connectivity index (χ0n) is 11.0. The summed E-state index contributed by atoms with van der Waals surface area (Å²) in [6.07, 6.45) is 6.75. The molecule has 16 heavy (non-hydrogen) atoms. The Balaban J connectivity index is 3.83. The highest BCUT2D eigenvalue weighted by molar-refractivity contribution is 4.67. The van der Waals surface area contributed by atoms with Crippen LogP contribution in [-0.2, 0) is 0 Å². The average Bonchev–Trinajstić information content (AvgIpc) is 2.29. The highest BCUT2D eigenvalue weighted by atomic mass is 16.3. The van der Waals surface area contributed by atoms with Gasteiger partial charge in [-0.05, 0) is 26.2 Å². The zero-order valence-corrected chi connectivity index (χ0v) is 11.0. The Morgan fingerprint density at radius 3 is 1.94 bits per heavy atom. The van der Waals surface area contributed by atoms with E-state index in [9.17, 15) is 0 Å². The summed E-state index contributed by atoms with van der Waals surface area (Å²) in [6.45, 7) is 6.90. The first kappa shape index (κ1) is 15.9. The third-order valence-corrected chi connectivity index (χ3v) is 3.06. The van der Waals surface area contributed by atoms with E-state index in [4.69, 9.17) is 10.2 Å². The molecule has 0 radical (unpaired) electrons. The molecule has 98 valence electrons. The smallest absolute Gasteiger partial charge is 0.0443 e. The number of aliphatic hydroxyl groups is 2. The molecule has 0 aliphatic heterocycles. The van der Waals surface area contributed by atoms with Crippen LogP contribution in [0.3, 0.4) is 0 Å². The predicted octanol–water partition coefficient (Wildman–Crippen LogP) is 2.02. The number of unbranched alkanes of at least 4 members (excludes halogenated alkanes) is 2. The molecule has 0 saturated heterocycles. The first-order valence-corrected chi connectivity index (χ1v) is 6.72. The van der Waals surface area contributed by atoms with Crippen LogP contribution in [0.15, 0.2) is 0 Å². The lowest BCUT2D eigenvalue weighted by atomic mass is 10.1. The first-order chi connectivity index (χ1) is 7.76. The van der Waals surface area contributed by atoms with Crippen molar-refractivity contribution < 1.29 is 10.2 Å². The lowest BCUT2D eigenvalue weighted by Crippen LogP contribution is -2.35. The zero-order chi connectivity index (χ0) is 12.2. The number of nitrogens with zero attached hydrogens (tertiary/aromatic N) is 1. The molecule has 0 aromatic rings. The SMILES string of the molecule is CCCCCC(C)N(CCCO)CCCO. The molecule has 0 rings (SSSR count). The fraction of sp³-hybridized carbons (Fsp3) is 1.00. The third kappa shape index (κ3) is 8.08. The van der Waals surface area contributed by atoms with Crippen LogP contribution in [0.4, 0.5) is 0 Å². The average molecular weight is 231 g/mol. The Bertz CT molecular complexity index is 134. The van der Waals surface area contributed by atoms with Crippen molar-refractivity contribution >= 4 is 0 Å². The molecule has 0 aromatic heterocycles. The number of hydrogen-bond acceptors (Lipinski definition) is 3. The molecular weight excluding hydrogens is 202 g/mol. The van der Waals surface area contributed by atoms with Crippen molar-refractivity contribution in [3.8, 4) is 0 Å². The maximum absolute atomic E-state index is 8.86. The summed E-state index contributed by atoms with van der Waals surface area (Å²) in [6, 6.07) is 0.574. The van der Waals surface area contributed by atoms with E-state index in [1.807, 2.05) is 0 Å². The van der Waals surface area contributed by atoms with Crippen molar-refractivity contribution in [2.24, 2.45) is 0 Å². The van der Waals surface area contributed by atoms with E-state index in [2.05, 4.69) is 18.7 Å². The van der Waals surface area contributed by atoms with Crippen LogP contribution >= 0.6 is 0 Å². The molecule has 0 amide bonds. The number of aliphatic hydroxyl groups excluding tert-OH is 2. The largest absolute Gasteiger partial charge is 0.396 e. The van der Waals surface area contributed by atoms with Gasteiger partial charge in [0.1, 0.15) is 0 Å². The van der Waals surface area contributed by atoms with Crippen LogP contribution < -0.4 is 0 Å². The van der Waals surface area contributed by atoms with Crippen molar-refractivity contribution in [1.82, 2.24) is 4.90 Å². The molecule has 0 bridgehead atoms. The number of rotatable bonds is 11. The van der Waals surface area contributed by atoms with E-state index in [1.54, 1.807) is 0 Å². The minimum Gasteiger partial charge on any atom is -0.396 e. The molecule has 1 unspecified atom stereocenters. The van der Waals surface area contributed by atoms with Gasteiger partial charge in [-0.3, -0.25) is 0 Å². The van der Waals surface area contributed by atoms with Gasteiger partial charge in [0, 0.05) is 32.3 Å². The monoisotopic (exact) mass is 231 g/mol. The second kappa shape index (κ2) is 11.4. The fourth-order valence-electron chi connectivity index (χ4n) is 1.97. The molecule has 0 aliphatic rings. The van der Waals surface area contributed by atoms with Crippen molar-refractivity contribution in [2.75, 3.05) is 26.3 Å². The van der Waals surface area contributed by atoms with Crippen molar-refractivity contribution in [3.63, 3.8) is 0 Å². The van der Waals surface area contributed by atoms with Crippen LogP contribution in [0.2, 0.25) is 0 Å². The van der Waals surface area contributed by atoms with E-state index >= 15 is 0 Å². The topological polar surface area (TPSA) is 43.7 Å². The van der Waals surface area contributed by atoms with E-state index < -0.39 is 0 Å². The summed E-state index contributed by atoms with van der Waals surface area (Å²) in [5.74, 6) is 0. The molecule has 0 aliphatic carbocycles. The minimum atomic E-state index is 0.261. The quantitative estimate of drug-likeness (QED) is 0.535. The van der Waals surface area contributed by atoms with Gasteiger partial charge in [0.25, 0.3) is 0 Å². The normalized spacial score (nSPS) is 13.3. The predicted molar refractivity (Wildman–Crippen MR) is 68.6 cm³/mol. The summed E-state index contributed by atoms with van der Waals surface area (Å²) >= 11 is 0. The van der Waals surface area contributed by atoms with Gasteiger partial charge < -0.3 is 15.1 Å². The summed E-state index contributed by atoms with van der Waals surface area (Å²) in [7, 11) is 0. The molecular formula is C13H29NO2. The van der Waals surface area contributed by atoms with E-state index in [0.29, 0.717) is 6.04 Å². The number of hydrogen-bond donors (Lipinski definition) is 2. The Hall–Kier alpha value is -0.120. The van der Waals surface area contributed by atoms with Crippen LogP contribution in [0, 0.1) is 0 Å². The van der Waals surface area contributed by atoms with Crippen LogP contribution in [0.25, 0.3) is 0 Å². The lowest BCUT2D eigenvalue weighted by molar-refractivity contribution is 0.158. The van der Waals surface area contributed by atoms with Gasteiger partial charge in [-0.15, -0.1) is 0 Å². The van der Waals surface area contributed by atoms with Crippen molar-refractivity contribution in [2.45, 2.75) is 58.4 Å². The molecule has 1 atom stereocenters. The minimum absolute atomic E-state index is 0.261. The van der Waals surface area contributed by atoms with Gasteiger partial charge in [-0.1, -0.05) is 26.2 Å². The second-order valence-electron chi connectivity index (χ2n) is 4.54. The van der Waals surface area contributed by atoms with Gasteiger partial charge in [-0.25, -0.2) is 0 Å². The fourth-order valence-corrected chi connectivity index (χ4v) is 1.97. The highest BCUT2D eigenvalue weighted by Gasteiger charge is 2.12. The standard InChI is InChI=1S/C13H29NO2/c1-3-4-5-8-13(2)14(9-6-11-15)10-7-12-16/h13,15-16H,3-12H2,1-2H3.